The summed E-state index contributed by atoms with van der Waals surface area (Å²) in [6, 6.07) is 13.2. The maximum Gasteiger partial charge on any atom is 0.289 e. The molecule has 0 atom stereocenters. The second kappa shape index (κ2) is 6.16. The van der Waals surface area contributed by atoms with E-state index in [0.717, 1.165) is 11.6 Å². The fourth-order valence-corrected chi connectivity index (χ4v) is 2.58. The van der Waals surface area contributed by atoms with Crippen LogP contribution in [0.25, 0.3) is 0 Å². The van der Waals surface area contributed by atoms with E-state index in [1.807, 2.05) is 30.3 Å². The Balaban J connectivity index is 2.23. The molecule has 7 heteroatoms. The number of nitro benzene ring substituents is 2. The second-order valence-corrected chi connectivity index (χ2v) is 4.96. The molecule has 2 rings (SSSR count). The molecule has 0 aromatic heterocycles. The van der Waals surface area contributed by atoms with Gasteiger partial charge in [0, 0.05) is 11.8 Å². The van der Waals surface area contributed by atoms with Crippen molar-refractivity contribution in [3.8, 4) is 0 Å². The van der Waals surface area contributed by atoms with Crippen LogP contribution in [-0.2, 0) is 5.75 Å². The van der Waals surface area contributed by atoms with E-state index in [1.54, 1.807) is 0 Å². The molecule has 0 heterocycles. The average molecular weight is 290 g/mol. The summed E-state index contributed by atoms with van der Waals surface area (Å²) in [5, 5.41) is 21.6. The molecular weight excluding hydrogens is 280 g/mol. The average Bonchev–Trinajstić information content (AvgIpc) is 2.45. The van der Waals surface area contributed by atoms with Gasteiger partial charge in [0.15, 0.2) is 0 Å². The van der Waals surface area contributed by atoms with Crippen LogP contribution in [0.4, 0.5) is 11.4 Å². The third kappa shape index (κ3) is 3.33. The Kier molecular flexibility index (Phi) is 4.31. The molecule has 0 aliphatic carbocycles. The van der Waals surface area contributed by atoms with Crippen LogP contribution < -0.4 is 0 Å². The highest BCUT2D eigenvalue weighted by molar-refractivity contribution is 7.98. The van der Waals surface area contributed by atoms with Crippen molar-refractivity contribution in [3.63, 3.8) is 0 Å². The third-order valence-electron chi connectivity index (χ3n) is 2.59. The Morgan fingerprint density at radius 3 is 2.25 bits per heavy atom. The number of rotatable bonds is 5. The van der Waals surface area contributed by atoms with Gasteiger partial charge in [-0.25, -0.2) is 0 Å². The molecule has 2 aromatic carbocycles. The zero-order valence-electron chi connectivity index (χ0n) is 10.3. The summed E-state index contributed by atoms with van der Waals surface area (Å²) in [7, 11) is 0. The van der Waals surface area contributed by atoms with Gasteiger partial charge in [0.05, 0.1) is 20.8 Å². The van der Waals surface area contributed by atoms with Crippen molar-refractivity contribution in [2.45, 2.75) is 10.6 Å². The predicted molar refractivity (Wildman–Crippen MR) is 75.8 cm³/mol. The monoisotopic (exact) mass is 290 g/mol. The van der Waals surface area contributed by atoms with E-state index in [9.17, 15) is 20.2 Å². The Morgan fingerprint density at radius 2 is 1.65 bits per heavy atom. The summed E-state index contributed by atoms with van der Waals surface area (Å²) in [5.74, 6) is 0.569. The smallest absolute Gasteiger partial charge is 0.258 e. The molecule has 6 nitrogen and oxygen atoms in total. The van der Waals surface area contributed by atoms with Crippen molar-refractivity contribution in [1.29, 1.82) is 0 Å². The largest absolute Gasteiger partial charge is 0.289 e. The molecule has 0 spiro atoms. The molecule has 0 bridgehead atoms. The van der Waals surface area contributed by atoms with Gasteiger partial charge in [-0.15, -0.1) is 11.8 Å². The molecule has 0 saturated heterocycles. The lowest BCUT2D eigenvalue weighted by molar-refractivity contribution is -0.396. The minimum Gasteiger partial charge on any atom is -0.258 e. The van der Waals surface area contributed by atoms with Crippen molar-refractivity contribution in [3.05, 3.63) is 74.3 Å². The van der Waals surface area contributed by atoms with Crippen LogP contribution in [0.15, 0.2) is 53.4 Å². The molecule has 0 saturated carbocycles. The molecule has 0 fully saturated rings. The normalized spacial score (nSPS) is 10.2. The highest BCUT2D eigenvalue weighted by atomic mass is 32.2. The lowest BCUT2D eigenvalue weighted by Gasteiger charge is -2.03. The zero-order chi connectivity index (χ0) is 14.5. The Morgan fingerprint density at radius 1 is 0.950 bits per heavy atom. The Bertz CT molecular complexity index is 646. The van der Waals surface area contributed by atoms with Crippen LogP contribution in [0.2, 0.25) is 0 Å². The number of non-ortho nitro benzene ring substituents is 1. The van der Waals surface area contributed by atoms with Gasteiger partial charge in [0.2, 0.25) is 0 Å². The van der Waals surface area contributed by atoms with Crippen molar-refractivity contribution in [2.24, 2.45) is 0 Å². The van der Waals surface area contributed by atoms with Gasteiger partial charge in [0.1, 0.15) is 0 Å². The van der Waals surface area contributed by atoms with E-state index in [1.165, 1.54) is 23.9 Å². The molecule has 20 heavy (non-hydrogen) atoms. The summed E-state index contributed by atoms with van der Waals surface area (Å²) in [5.41, 5.74) is 0.519. The maximum atomic E-state index is 11.0. The number of hydrogen-bond donors (Lipinski definition) is 0. The highest BCUT2D eigenvalue weighted by Gasteiger charge is 2.19. The van der Waals surface area contributed by atoms with E-state index in [-0.39, 0.29) is 11.4 Å². The fourth-order valence-electron chi connectivity index (χ4n) is 1.62. The molecule has 0 aliphatic rings. The SMILES string of the molecule is O=[N+]([O-])c1ccc(SCc2ccccc2)c([N+](=O)[O-])c1. The van der Waals surface area contributed by atoms with Crippen LogP contribution in [0.3, 0.4) is 0 Å². The minimum atomic E-state index is -0.640. The van der Waals surface area contributed by atoms with Crippen LogP contribution in [0, 0.1) is 20.2 Å². The Labute approximate surface area is 118 Å². The van der Waals surface area contributed by atoms with Gasteiger partial charge in [-0.3, -0.25) is 20.2 Å². The first-order chi connectivity index (χ1) is 9.58. The van der Waals surface area contributed by atoms with Crippen LogP contribution in [-0.4, -0.2) is 9.85 Å². The second-order valence-electron chi connectivity index (χ2n) is 3.94. The van der Waals surface area contributed by atoms with E-state index >= 15 is 0 Å². The van der Waals surface area contributed by atoms with Crippen LogP contribution in [0.1, 0.15) is 5.56 Å². The number of nitro groups is 2. The fraction of sp³-hybridized carbons (Fsp3) is 0.0769. The third-order valence-corrected chi connectivity index (χ3v) is 3.72. The number of thioether (sulfide) groups is 1. The summed E-state index contributed by atoms with van der Waals surface area (Å²) >= 11 is 1.28. The van der Waals surface area contributed by atoms with E-state index in [2.05, 4.69) is 0 Å². The zero-order valence-corrected chi connectivity index (χ0v) is 11.1. The van der Waals surface area contributed by atoms with Crippen LogP contribution >= 0.6 is 11.8 Å². The van der Waals surface area contributed by atoms with Gasteiger partial charge < -0.3 is 0 Å². The topological polar surface area (TPSA) is 86.3 Å². The van der Waals surface area contributed by atoms with E-state index in [0.29, 0.717) is 10.6 Å². The van der Waals surface area contributed by atoms with Crippen molar-refractivity contribution in [2.75, 3.05) is 0 Å². The maximum absolute atomic E-state index is 11.0. The lowest BCUT2D eigenvalue weighted by Crippen LogP contribution is -1.94. The molecule has 0 amide bonds. The summed E-state index contributed by atoms with van der Waals surface area (Å²) < 4.78 is 0. The van der Waals surface area contributed by atoms with Gasteiger partial charge in [0.25, 0.3) is 11.4 Å². The summed E-state index contributed by atoms with van der Waals surface area (Å²) in [4.78, 5) is 20.8. The molecule has 0 unspecified atom stereocenters. The first-order valence-corrected chi connectivity index (χ1v) is 6.66. The predicted octanol–water partition coefficient (Wildman–Crippen LogP) is 3.80. The van der Waals surface area contributed by atoms with Gasteiger partial charge in [-0.2, -0.15) is 0 Å². The van der Waals surface area contributed by atoms with Crippen molar-refractivity contribution >= 4 is 23.1 Å². The minimum absolute atomic E-state index is 0.236. The molecular formula is C13H10N2O4S. The molecule has 102 valence electrons. The number of benzene rings is 2. The van der Waals surface area contributed by atoms with E-state index < -0.39 is 9.85 Å². The first kappa shape index (κ1) is 14.0. The summed E-state index contributed by atoms with van der Waals surface area (Å²) in [6.07, 6.45) is 0. The van der Waals surface area contributed by atoms with Gasteiger partial charge in [-0.1, -0.05) is 30.3 Å². The van der Waals surface area contributed by atoms with E-state index in [4.69, 9.17) is 0 Å². The first-order valence-electron chi connectivity index (χ1n) is 5.67. The molecule has 0 N–H and O–H groups in total. The molecule has 0 aliphatic heterocycles. The molecule has 0 radical (unpaired) electrons. The summed E-state index contributed by atoms with van der Waals surface area (Å²) in [6.45, 7) is 0. The lowest BCUT2D eigenvalue weighted by atomic mass is 10.2. The standard InChI is InChI=1S/C13H10N2O4S/c16-14(17)11-6-7-13(12(8-11)15(18)19)20-9-10-4-2-1-3-5-10/h1-8H,9H2. The Hall–Kier alpha value is -2.41. The van der Waals surface area contributed by atoms with Crippen molar-refractivity contribution < 1.29 is 9.85 Å². The van der Waals surface area contributed by atoms with Gasteiger partial charge >= 0.3 is 0 Å². The molecule has 2 aromatic rings. The highest BCUT2D eigenvalue weighted by Crippen LogP contribution is 2.34. The number of nitrogens with zero attached hydrogens (tertiary/aromatic N) is 2. The quantitative estimate of drug-likeness (QED) is 0.475. The van der Waals surface area contributed by atoms with Crippen molar-refractivity contribution in [1.82, 2.24) is 0 Å². The number of hydrogen-bond acceptors (Lipinski definition) is 5. The van der Waals surface area contributed by atoms with Gasteiger partial charge in [-0.05, 0) is 11.6 Å². The van der Waals surface area contributed by atoms with Crippen LogP contribution in [0.5, 0.6) is 0 Å².